The lowest BCUT2D eigenvalue weighted by Crippen LogP contribution is -2.48. The number of hydrogen-bond acceptors (Lipinski definition) is 6. The van der Waals surface area contributed by atoms with Crippen molar-refractivity contribution < 1.29 is 19.1 Å². The first kappa shape index (κ1) is 28.0. The Labute approximate surface area is 230 Å². The number of benzene rings is 2. The molecule has 1 aromatic heterocycles. The van der Waals surface area contributed by atoms with Crippen LogP contribution in [0.4, 0.5) is 5.69 Å². The van der Waals surface area contributed by atoms with Crippen molar-refractivity contribution in [3.8, 4) is 17.2 Å². The molecule has 4 rings (SSSR count). The zero-order valence-corrected chi connectivity index (χ0v) is 23.0. The van der Waals surface area contributed by atoms with Gasteiger partial charge in [0, 0.05) is 18.8 Å². The van der Waals surface area contributed by atoms with Crippen molar-refractivity contribution in [3.63, 3.8) is 0 Å². The van der Waals surface area contributed by atoms with Crippen LogP contribution < -0.4 is 25.4 Å². The molecule has 0 aliphatic heterocycles. The van der Waals surface area contributed by atoms with Crippen molar-refractivity contribution in [1.29, 1.82) is 0 Å². The Balaban J connectivity index is 1.38. The minimum Gasteiger partial charge on any atom is -0.497 e. The van der Waals surface area contributed by atoms with E-state index in [1.54, 1.807) is 25.1 Å². The van der Waals surface area contributed by atoms with Crippen molar-refractivity contribution in [2.45, 2.75) is 51.5 Å². The topological polar surface area (TPSA) is 107 Å². The molecule has 208 valence electrons. The quantitative estimate of drug-likeness (QED) is 0.296. The highest BCUT2D eigenvalue weighted by Crippen LogP contribution is 2.27. The van der Waals surface area contributed by atoms with Gasteiger partial charge in [-0.25, -0.2) is 4.68 Å². The fraction of sp³-hybridized carbons (Fsp3) is 0.433. The van der Waals surface area contributed by atoms with Crippen molar-refractivity contribution in [1.82, 2.24) is 20.4 Å². The van der Waals surface area contributed by atoms with Gasteiger partial charge in [0.25, 0.3) is 5.91 Å². The maximum atomic E-state index is 13.3. The van der Waals surface area contributed by atoms with Crippen LogP contribution in [-0.4, -0.2) is 54.9 Å². The number of nitrogens with zero attached hydrogens (tertiary/aromatic N) is 2. The molecule has 0 bridgehead atoms. The zero-order chi connectivity index (χ0) is 27.6. The number of ether oxygens (including phenoxy) is 2. The molecule has 2 amide bonds. The van der Waals surface area contributed by atoms with E-state index in [0.717, 1.165) is 35.7 Å². The molecule has 2 aromatic carbocycles. The maximum Gasteiger partial charge on any atom is 0.255 e. The number of carbonyl (C=O) groups is 2. The van der Waals surface area contributed by atoms with Crippen molar-refractivity contribution in [3.05, 3.63) is 66.0 Å². The number of hydrogen-bond donors (Lipinski definition) is 3. The molecule has 1 aliphatic carbocycles. The summed E-state index contributed by atoms with van der Waals surface area (Å²) in [6.07, 6.45) is 7.96. The lowest BCUT2D eigenvalue weighted by Gasteiger charge is -2.26. The molecule has 1 saturated carbocycles. The maximum absolute atomic E-state index is 13.3. The van der Waals surface area contributed by atoms with E-state index in [2.05, 4.69) is 21.0 Å². The van der Waals surface area contributed by atoms with Crippen LogP contribution in [0.15, 0.2) is 54.7 Å². The normalized spacial score (nSPS) is 14.3. The van der Waals surface area contributed by atoms with Gasteiger partial charge in [-0.3, -0.25) is 9.59 Å². The average Bonchev–Trinajstić information content (AvgIpc) is 3.37. The predicted molar refractivity (Wildman–Crippen MR) is 152 cm³/mol. The molecule has 1 heterocycles. The third-order valence-corrected chi connectivity index (χ3v) is 7.33. The van der Waals surface area contributed by atoms with Gasteiger partial charge in [0.15, 0.2) is 0 Å². The van der Waals surface area contributed by atoms with Crippen LogP contribution in [-0.2, 0) is 4.79 Å². The molecule has 0 spiro atoms. The van der Waals surface area contributed by atoms with Crippen LogP contribution in [0.1, 0.15) is 54.6 Å². The first-order valence-electron chi connectivity index (χ1n) is 13.6. The second kappa shape index (κ2) is 13.7. The lowest BCUT2D eigenvalue weighted by molar-refractivity contribution is -0.123. The van der Waals surface area contributed by atoms with Gasteiger partial charge in [0.2, 0.25) is 5.91 Å². The molecule has 1 fully saturated rings. The highest BCUT2D eigenvalue weighted by atomic mass is 16.5. The van der Waals surface area contributed by atoms with Crippen LogP contribution in [0, 0.1) is 12.8 Å². The summed E-state index contributed by atoms with van der Waals surface area (Å²) in [5.74, 6) is 1.51. The third-order valence-electron chi connectivity index (χ3n) is 7.33. The molecule has 1 atom stereocenters. The van der Waals surface area contributed by atoms with E-state index in [1.165, 1.54) is 19.3 Å². The monoisotopic (exact) mass is 533 g/mol. The number of aromatic nitrogens is 2. The smallest absolute Gasteiger partial charge is 0.255 e. The van der Waals surface area contributed by atoms with Crippen LogP contribution in [0.2, 0.25) is 0 Å². The summed E-state index contributed by atoms with van der Waals surface area (Å²) in [7, 11) is 3.25. The minimum atomic E-state index is -0.606. The van der Waals surface area contributed by atoms with Crippen molar-refractivity contribution >= 4 is 17.5 Å². The van der Waals surface area contributed by atoms with Crippen LogP contribution in [0.25, 0.3) is 5.69 Å². The fourth-order valence-electron chi connectivity index (χ4n) is 5.06. The summed E-state index contributed by atoms with van der Waals surface area (Å²) in [5.41, 5.74) is 2.93. The summed E-state index contributed by atoms with van der Waals surface area (Å²) in [6.45, 7) is 2.86. The van der Waals surface area contributed by atoms with Crippen LogP contribution >= 0.6 is 0 Å². The van der Waals surface area contributed by atoms with Crippen molar-refractivity contribution in [2.75, 3.05) is 32.6 Å². The van der Waals surface area contributed by atoms with Gasteiger partial charge in [-0.15, -0.1) is 0 Å². The molecule has 3 aromatic rings. The Morgan fingerprint density at radius 2 is 1.59 bits per heavy atom. The molecule has 3 N–H and O–H groups in total. The van der Waals surface area contributed by atoms with Gasteiger partial charge in [-0.2, -0.15) is 5.10 Å². The molecule has 1 aliphatic rings. The number of rotatable bonds is 12. The van der Waals surface area contributed by atoms with E-state index in [4.69, 9.17) is 9.47 Å². The number of carbonyl (C=O) groups excluding carboxylic acids is 2. The Hall–Kier alpha value is -4.01. The van der Waals surface area contributed by atoms with Gasteiger partial charge in [-0.05, 0) is 67.8 Å². The van der Waals surface area contributed by atoms with Gasteiger partial charge in [0.1, 0.15) is 17.5 Å². The van der Waals surface area contributed by atoms with Gasteiger partial charge < -0.3 is 25.4 Å². The van der Waals surface area contributed by atoms with E-state index < -0.39 is 6.04 Å². The standard InChI is InChI=1S/C30H39N5O4/c1-21-27(20-33-35(21)24-11-15-26(39-3)16-12-24)29(36)34-28(19-22-7-5-4-6-8-22)30(37)32-18-17-31-23-9-13-25(38-2)14-10-23/h9-16,20,22,28,31H,4-8,17-19H2,1-3H3,(H,32,37)(H,34,36)/t28-/m0/s1. The summed E-state index contributed by atoms with van der Waals surface area (Å²) in [6, 6.07) is 14.5. The first-order chi connectivity index (χ1) is 19.0. The number of amides is 2. The fourth-order valence-corrected chi connectivity index (χ4v) is 5.06. The average molecular weight is 534 g/mol. The largest absolute Gasteiger partial charge is 0.497 e. The predicted octanol–water partition coefficient (Wildman–Crippen LogP) is 4.50. The summed E-state index contributed by atoms with van der Waals surface area (Å²) in [5, 5.41) is 13.7. The molecular weight excluding hydrogens is 494 g/mol. The highest BCUT2D eigenvalue weighted by Gasteiger charge is 2.27. The molecule has 0 unspecified atom stereocenters. The highest BCUT2D eigenvalue weighted by molar-refractivity contribution is 5.98. The van der Waals surface area contributed by atoms with E-state index in [1.807, 2.05) is 55.5 Å². The third kappa shape index (κ3) is 7.52. The Morgan fingerprint density at radius 1 is 0.949 bits per heavy atom. The molecule has 39 heavy (non-hydrogen) atoms. The van der Waals surface area contributed by atoms with Crippen LogP contribution in [0.5, 0.6) is 11.5 Å². The van der Waals surface area contributed by atoms with Crippen LogP contribution in [0.3, 0.4) is 0 Å². The molecule has 9 nitrogen and oxygen atoms in total. The molecule has 9 heteroatoms. The Morgan fingerprint density at radius 3 is 2.23 bits per heavy atom. The second-order valence-corrected chi connectivity index (χ2v) is 9.97. The lowest BCUT2D eigenvalue weighted by atomic mass is 9.84. The summed E-state index contributed by atoms with van der Waals surface area (Å²) in [4.78, 5) is 26.6. The molecule has 0 saturated heterocycles. The Bertz CT molecular complexity index is 1220. The van der Waals surface area contributed by atoms with E-state index in [-0.39, 0.29) is 11.8 Å². The number of methoxy groups -OCH3 is 2. The number of nitrogens with one attached hydrogen (secondary N) is 3. The Kier molecular flexibility index (Phi) is 9.83. The summed E-state index contributed by atoms with van der Waals surface area (Å²) < 4.78 is 12.1. The van der Waals surface area contributed by atoms with Gasteiger partial charge >= 0.3 is 0 Å². The van der Waals surface area contributed by atoms with Gasteiger partial charge in [0.05, 0.1) is 37.4 Å². The minimum absolute atomic E-state index is 0.161. The SMILES string of the molecule is COc1ccc(NCCNC(=O)[C@H](CC2CCCCC2)NC(=O)c2cnn(-c3ccc(OC)cc3)c2C)cc1. The number of anilines is 1. The molecule has 0 radical (unpaired) electrons. The van der Waals surface area contributed by atoms with Gasteiger partial charge in [-0.1, -0.05) is 32.1 Å². The molecular formula is C30H39N5O4. The van der Waals surface area contributed by atoms with E-state index in [9.17, 15) is 9.59 Å². The second-order valence-electron chi connectivity index (χ2n) is 9.97. The van der Waals surface area contributed by atoms with E-state index in [0.29, 0.717) is 36.7 Å². The van der Waals surface area contributed by atoms with Crippen molar-refractivity contribution in [2.24, 2.45) is 5.92 Å². The first-order valence-corrected chi connectivity index (χ1v) is 13.6. The summed E-state index contributed by atoms with van der Waals surface area (Å²) >= 11 is 0. The zero-order valence-electron chi connectivity index (χ0n) is 23.0. The van der Waals surface area contributed by atoms with E-state index >= 15 is 0 Å².